The van der Waals surface area contributed by atoms with Gasteiger partial charge in [0.2, 0.25) is 11.6 Å². The molecule has 0 spiro atoms. The molecule has 0 N–H and O–H groups in total. The highest BCUT2D eigenvalue weighted by Gasteiger charge is 2.28. The normalized spacial score (nSPS) is 10.5. The number of aromatic nitrogens is 2. The van der Waals surface area contributed by atoms with E-state index in [2.05, 4.69) is 16.9 Å². The molecule has 128 valence electrons. The minimum Gasteiger partial charge on any atom is -0.354 e. The molecule has 0 aliphatic carbocycles. The van der Waals surface area contributed by atoms with Crippen LogP contribution in [0.5, 0.6) is 0 Å². The first-order valence-corrected chi connectivity index (χ1v) is 8.13. The molecule has 0 atom stereocenters. The Labute approximate surface area is 142 Å². The molecule has 0 bridgehead atoms. The summed E-state index contributed by atoms with van der Waals surface area (Å²) in [5, 5.41) is 11.7. The number of hydrogen-bond donors (Lipinski definition) is 0. The van der Waals surface area contributed by atoms with E-state index in [0.717, 1.165) is 18.5 Å². The maximum atomic E-state index is 11.7. The third kappa shape index (κ3) is 3.79. The standard InChI is InChI=1S/C17H23N5O2/c1-4-6-12-20(3)16-15(22(23)24)17(19-13-18-16)21(5-2)14-10-8-7-9-11-14/h7-11,13H,4-6,12H2,1-3H3. The molecule has 1 aromatic carbocycles. The van der Waals surface area contributed by atoms with Crippen LogP contribution in [0.1, 0.15) is 26.7 Å². The number of hydrogen-bond acceptors (Lipinski definition) is 6. The summed E-state index contributed by atoms with van der Waals surface area (Å²) in [6.45, 7) is 5.31. The molecule has 0 aliphatic heterocycles. The monoisotopic (exact) mass is 329 g/mol. The van der Waals surface area contributed by atoms with Gasteiger partial charge in [-0.15, -0.1) is 0 Å². The first kappa shape index (κ1) is 17.7. The average Bonchev–Trinajstić information content (AvgIpc) is 2.60. The Morgan fingerprint density at radius 3 is 2.38 bits per heavy atom. The Morgan fingerprint density at radius 1 is 1.12 bits per heavy atom. The number of benzene rings is 1. The zero-order chi connectivity index (χ0) is 17.5. The van der Waals surface area contributed by atoms with Crippen molar-refractivity contribution >= 4 is 23.0 Å². The zero-order valence-electron chi connectivity index (χ0n) is 14.3. The van der Waals surface area contributed by atoms with Crippen molar-refractivity contribution in [2.75, 3.05) is 29.9 Å². The van der Waals surface area contributed by atoms with Crippen molar-refractivity contribution in [2.45, 2.75) is 26.7 Å². The third-order valence-corrected chi connectivity index (χ3v) is 3.81. The largest absolute Gasteiger partial charge is 0.354 e. The number of nitrogens with zero attached hydrogens (tertiary/aromatic N) is 5. The first-order chi connectivity index (χ1) is 11.6. The third-order valence-electron chi connectivity index (χ3n) is 3.81. The topological polar surface area (TPSA) is 75.4 Å². The molecular formula is C17H23N5O2. The van der Waals surface area contributed by atoms with Gasteiger partial charge < -0.3 is 9.80 Å². The lowest BCUT2D eigenvalue weighted by atomic mass is 10.2. The van der Waals surface area contributed by atoms with Crippen molar-refractivity contribution < 1.29 is 4.92 Å². The minimum atomic E-state index is -0.390. The van der Waals surface area contributed by atoms with Gasteiger partial charge in [0.1, 0.15) is 6.33 Å². The van der Waals surface area contributed by atoms with Crippen LogP contribution in [0, 0.1) is 10.1 Å². The summed E-state index contributed by atoms with van der Waals surface area (Å²) in [6, 6.07) is 9.54. The van der Waals surface area contributed by atoms with E-state index in [1.807, 2.05) is 54.1 Å². The van der Waals surface area contributed by atoms with Gasteiger partial charge >= 0.3 is 5.69 Å². The van der Waals surface area contributed by atoms with Gasteiger partial charge in [-0.05, 0) is 25.5 Å². The number of nitro groups is 1. The van der Waals surface area contributed by atoms with Crippen LogP contribution in [-0.4, -0.2) is 35.0 Å². The lowest BCUT2D eigenvalue weighted by Crippen LogP contribution is -2.24. The number of rotatable bonds is 8. The van der Waals surface area contributed by atoms with E-state index in [-0.39, 0.29) is 5.69 Å². The summed E-state index contributed by atoms with van der Waals surface area (Å²) in [4.78, 5) is 23.4. The van der Waals surface area contributed by atoms with Gasteiger partial charge in [-0.3, -0.25) is 10.1 Å². The molecule has 0 saturated carbocycles. The molecule has 7 nitrogen and oxygen atoms in total. The predicted octanol–water partition coefficient (Wildman–Crippen LogP) is 3.78. The zero-order valence-corrected chi connectivity index (χ0v) is 14.3. The Morgan fingerprint density at radius 2 is 1.79 bits per heavy atom. The second kappa shape index (κ2) is 8.24. The molecule has 2 rings (SSSR count). The minimum absolute atomic E-state index is 0.0539. The molecule has 0 fully saturated rings. The van der Waals surface area contributed by atoms with E-state index < -0.39 is 4.92 Å². The highest BCUT2D eigenvalue weighted by Crippen LogP contribution is 2.36. The summed E-state index contributed by atoms with van der Waals surface area (Å²) in [5.41, 5.74) is 0.811. The Kier molecular flexibility index (Phi) is 6.06. The second-order valence-electron chi connectivity index (χ2n) is 5.48. The molecule has 1 heterocycles. The number of anilines is 3. The van der Waals surface area contributed by atoms with Crippen LogP contribution in [0.3, 0.4) is 0 Å². The lowest BCUT2D eigenvalue weighted by Gasteiger charge is -2.24. The van der Waals surface area contributed by atoms with Crippen LogP contribution in [0.15, 0.2) is 36.7 Å². The molecule has 0 amide bonds. The summed E-state index contributed by atoms with van der Waals surface area (Å²) < 4.78 is 0. The van der Waals surface area contributed by atoms with Gasteiger partial charge in [-0.25, -0.2) is 9.97 Å². The van der Waals surface area contributed by atoms with Crippen LogP contribution in [0.4, 0.5) is 23.0 Å². The van der Waals surface area contributed by atoms with Crippen LogP contribution in [-0.2, 0) is 0 Å². The fraction of sp³-hybridized carbons (Fsp3) is 0.412. The highest BCUT2D eigenvalue weighted by atomic mass is 16.6. The predicted molar refractivity (Wildman–Crippen MR) is 96.0 cm³/mol. The van der Waals surface area contributed by atoms with E-state index in [1.54, 1.807) is 0 Å². The van der Waals surface area contributed by atoms with Crippen molar-refractivity contribution in [1.29, 1.82) is 0 Å². The summed E-state index contributed by atoms with van der Waals surface area (Å²) in [7, 11) is 1.83. The van der Waals surface area contributed by atoms with E-state index in [0.29, 0.717) is 24.7 Å². The molecule has 0 aliphatic rings. The van der Waals surface area contributed by atoms with Gasteiger partial charge in [0, 0.05) is 25.8 Å². The fourth-order valence-electron chi connectivity index (χ4n) is 2.56. The van der Waals surface area contributed by atoms with Crippen LogP contribution in [0.2, 0.25) is 0 Å². The molecule has 0 unspecified atom stereocenters. The Balaban J connectivity index is 2.51. The molecule has 1 aromatic heterocycles. The summed E-state index contributed by atoms with van der Waals surface area (Å²) in [6.07, 6.45) is 3.36. The second-order valence-corrected chi connectivity index (χ2v) is 5.48. The van der Waals surface area contributed by atoms with Crippen molar-refractivity contribution in [3.05, 3.63) is 46.8 Å². The van der Waals surface area contributed by atoms with Crippen molar-refractivity contribution in [2.24, 2.45) is 0 Å². The molecule has 24 heavy (non-hydrogen) atoms. The fourth-order valence-corrected chi connectivity index (χ4v) is 2.56. The maximum absolute atomic E-state index is 11.7. The van der Waals surface area contributed by atoms with E-state index in [4.69, 9.17) is 0 Å². The van der Waals surface area contributed by atoms with Gasteiger partial charge in [0.05, 0.1) is 4.92 Å². The molecule has 0 saturated heterocycles. The van der Waals surface area contributed by atoms with E-state index in [9.17, 15) is 10.1 Å². The number of unbranched alkanes of at least 4 members (excludes halogenated alkanes) is 1. The van der Waals surface area contributed by atoms with E-state index >= 15 is 0 Å². The van der Waals surface area contributed by atoms with Crippen LogP contribution < -0.4 is 9.80 Å². The Hall–Kier alpha value is -2.70. The van der Waals surface area contributed by atoms with Gasteiger partial charge in [0.15, 0.2) is 0 Å². The highest BCUT2D eigenvalue weighted by molar-refractivity contribution is 5.75. The van der Waals surface area contributed by atoms with Gasteiger partial charge in [-0.1, -0.05) is 31.5 Å². The first-order valence-electron chi connectivity index (χ1n) is 8.13. The SMILES string of the molecule is CCCCN(C)c1ncnc(N(CC)c2ccccc2)c1[N+](=O)[O-]. The molecule has 7 heteroatoms. The number of para-hydroxylation sites is 1. The van der Waals surface area contributed by atoms with Crippen LogP contribution >= 0.6 is 0 Å². The van der Waals surface area contributed by atoms with E-state index in [1.165, 1.54) is 6.33 Å². The quantitative estimate of drug-likeness (QED) is 0.542. The summed E-state index contributed by atoms with van der Waals surface area (Å²) >= 11 is 0. The molecule has 0 radical (unpaired) electrons. The molecule has 2 aromatic rings. The van der Waals surface area contributed by atoms with Gasteiger partial charge in [0.25, 0.3) is 0 Å². The maximum Gasteiger partial charge on any atom is 0.353 e. The van der Waals surface area contributed by atoms with Crippen molar-refractivity contribution in [1.82, 2.24) is 9.97 Å². The Bertz CT molecular complexity index is 678. The lowest BCUT2D eigenvalue weighted by molar-refractivity contribution is -0.383. The summed E-state index contributed by atoms with van der Waals surface area (Å²) in [5.74, 6) is 0.676. The van der Waals surface area contributed by atoms with Gasteiger partial charge in [-0.2, -0.15) is 0 Å². The van der Waals surface area contributed by atoms with Crippen LogP contribution in [0.25, 0.3) is 0 Å². The smallest absolute Gasteiger partial charge is 0.353 e. The average molecular weight is 329 g/mol. The molecular weight excluding hydrogens is 306 g/mol. The van der Waals surface area contributed by atoms with Crippen molar-refractivity contribution in [3.63, 3.8) is 0 Å². The van der Waals surface area contributed by atoms with Crippen molar-refractivity contribution in [3.8, 4) is 0 Å².